The SMILES string of the molecule is Cc1c(C(=O)[O-])[nH]c2c1/C(=N/N1CC(=O)NC1=O)CC(C)(C)C2. The molecule has 3 rings (SSSR count). The van der Waals surface area contributed by atoms with Gasteiger partial charge in [-0.25, -0.2) is 9.80 Å². The molecule has 0 saturated carbocycles. The van der Waals surface area contributed by atoms with Crippen LogP contribution in [0.1, 0.15) is 47.6 Å². The summed E-state index contributed by atoms with van der Waals surface area (Å²) in [5.74, 6) is -1.68. The Hall–Kier alpha value is -2.64. The van der Waals surface area contributed by atoms with Crippen molar-refractivity contribution in [3.05, 3.63) is 22.5 Å². The maximum Gasteiger partial charge on any atom is 0.345 e. The number of carbonyl (C=O) groups is 3. The largest absolute Gasteiger partial charge is 0.543 e. The molecule has 1 aromatic heterocycles. The van der Waals surface area contributed by atoms with Gasteiger partial charge in [0.2, 0.25) is 5.91 Å². The lowest BCUT2D eigenvalue weighted by Gasteiger charge is -2.31. The molecule has 2 N–H and O–H groups in total. The summed E-state index contributed by atoms with van der Waals surface area (Å²) in [4.78, 5) is 37.2. The Morgan fingerprint density at radius 2 is 2.00 bits per heavy atom. The van der Waals surface area contributed by atoms with Crippen molar-refractivity contribution < 1.29 is 19.5 Å². The normalized spacial score (nSPS) is 21.5. The van der Waals surface area contributed by atoms with Crippen molar-refractivity contribution in [1.82, 2.24) is 15.3 Å². The van der Waals surface area contributed by atoms with Gasteiger partial charge in [-0.1, -0.05) is 13.8 Å². The number of aromatic amines is 1. The van der Waals surface area contributed by atoms with Gasteiger partial charge in [0.05, 0.1) is 17.4 Å². The molecule has 3 amide bonds. The smallest absolute Gasteiger partial charge is 0.345 e. The third-order valence-electron chi connectivity index (χ3n) is 4.14. The van der Waals surface area contributed by atoms with Gasteiger partial charge in [0.1, 0.15) is 6.54 Å². The van der Waals surface area contributed by atoms with E-state index in [1.165, 1.54) is 0 Å². The van der Waals surface area contributed by atoms with Crippen molar-refractivity contribution in [2.24, 2.45) is 10.5 Å². The Kier molecular flexibility index (Phi) is 3.28. The van der Waals surface area contributed by atoms with Gasteiger partial charge in [-0.15, -0.1) is 0 Å². The first-order chi connectivity index (χ1) is 10.7. The van der Waals surface area contributed by atoms with Gasteiger partial charge in [0, 0.05) is 11.3 Å². The fraction of sp³-hybridized carbons (Fsp3) is 0.467. The van der Waals surface area contributed by atoms with Gasteiger partial charge in [-0.2, -0.15) is 5.10 Å². The molecule has 1 aliphatic carbocycles. The Morgan fingerprint density at radius 3 is 2.57 bits per heavy atom. The topological polar surface area (TPSA) is 118 Å². The lowest BCUT2D eigenvalue weighted by Crippen LogP contribution is -2.31. The summed E-state index contributed by atoms with van der Waals surface area (Å²) in [5, 5.41) is 18.8. The van der Waals surface area contributed by atoms with Crippen LogP contribution < -0.4 is 10.4 Å². The van der Waals surface area contributed by atoms with E-state index in [0.29, 0.717) is 29.7 Å². The van der Waals surface area contributed by atoms with E-state index in [1.807, 2.05) is 13.8 Å². The standard InChI is InChI=1S/C15H18N4O4/c1-7-11-8(16-12(7)13(21)22)4-15(2,3)5-9(11)18-19-6-10(20)17-14(19)23/h16H,4-6H2,1-3H3,(H,21,22)(H,17,20,23)/p-1/b18-9+. The number of nitrogens with one attached hydrogen (secondary N) is 2. The van der Waals surface area contributed by atoms with Crippen LogP contribution in [-0.2, 0) is 11.2 Å². The van der Waals surface area contributed by atoms with Crippen molar-refractivity contribution in [1.29, 1.82) is 0 Å². The molecule has 0 aromatic carbocycles. The second-order valence-electron chi connectivity index (χ2n) is 6.74. The Morgan fingerprint density at radius 1 is 1.30 bits per heavy atom. The zero-order valence-corrected chi connectivity index (χ0v) is 13.1. The van der Waals surface area contributed by atoms with Crippen molar-refractivity contribution in [2.75, 3.05) is 6.54 Å². The minimum Gasteiger partial charge on any atom is -0.543 e. The predicted octanol–water partition coefficient (Wildman–Crippen LogP) is -0.0851. The number of H-pyrrole nitrogens is 1. The summed E-state index contributed by atoms with van der Waals surface area (Å²) >= 11 is 0. The summed E-state index contributed by atoms with van der Waals surface area (Å²) in [6.07, 6.45) is 1.24. The summed E-state index contributed by atoms with van der Waals surface area (Å²) in [5.41, 5.74) is 2.50. The summed E-state index contributed by atoms with van der Waals surface area (Å²) in [6.45, 7) is 5.63. The predicted molar refractivity (Wildman–Crippen MR) is 78.7 cm³/mol. The molecule has 0 atom stereocenters. The number of aromatic nitrogens is 1. The molecule has 2 aliphatic rings. The maximum atomic E-state index is 11.7. The molecule has 0 bridgehead atoms. The number of urea groups is 1. The number of imide groups is 1. The molecule has 1 saturated heterocycles. The van der Waals surface area contributed by atoms with Crippen LogP contribution in [0.3, 0.4) is 0 Å². The van der Waals surface area contributed by atoms with Crippen molar-refractivity contribution in [2.45, 2.75) is 33.6 Å². The Labute approximate surface area is 132 Å². The second-order valence-corrected chi connectivity index (χ2v) is 6.74. The van der Waals surface area contributed by atoms with E-state index >= 15 is 0 Å². The first kappa shape index (κ1) is 15.3. The highest BCUT2D eigenvalue weighted by atomic mass is 16.4. The number of rotatable bonds is 2. The number of fused-ring (bicyclic) bond motifs is 1. The zero-order valence-electron chi connectivity index (χ0n) is 13.1. The van der Waals surface area contributed by atoms with Gasteiger partial charge < -0.3 is 14.9 Å². The third-order valence-corrected chi connectivity index (χ3v) is 4.14. The monoisotopic (exact) mass is 317 g/mol. The van der Waals surface area contributed by atoms with Crippen LogP contribution in [0.5, 0.6) is 0 Å². The van der Waals surface area contributed by atoms with E-state index in [2.05, 4.69) is 15.4 Å². The van der Waals surface area contributed by atoms with Crippen molar-refractivity contribution in [3.63, 3.8) is 0 Å². The average Bonchev–Trinajstić information content (AvgIpc) is 2.88. The summed E-state index contributed by atoms with van der Waals surface area (Å²) in [7, 11) is 0. The van der Waals surface area contributed by atoms with Crippen LogP contribution in [-0.4, -0.2) is 40.2 Å². The van der Waals surface area contributed by atoms with Gasteiger partial charge in [0.25, 0.3) is 0 Å². The van der Waals surface area contributed by atoms with E-state index in [9.17, 15) is 19.5 Å². The molecule has 122 valence electrons. The molecule has 8 heteroatoms. The molecule has 0 spiro atoms. The number of carbonyl (C=O) groups excluding carboxylic acids is 3. The molecular formula is C15H17N4O4-. The van der Waals surface area contributed by atoms with E-state index < -0.39 is 17.9 Å². The van der Waals surface area contributed by atoms with E-state index in [1.54, 1.807) is 6.92 Å². The molecule has 1 aromatic rings. The number of hydrogen-bond donors (Lipinski definition) is 2. The number of amides is 3. The van der Waals surface area contributed by atoms with Crippen LogP contribution in [0, 0.1) is 12.3 Å². The Balaban J connectivity index is 2.10. The molecule has 1 aliphatic heterocycles. The number of carboxylic acid groups (broad SMARTS) is 1. The minimum atomic E-state index is -1.27. The molecule has 8 nitrogen and oxygen atoms in total. The molecule has 1 fully saturated rings. The van der Waals surface area contributed by atoms with Gasteiger partial charge >= 0.3 is 6.03 Å². The van der Waals surface area contributed by atoms with Crippen LogP contribution >= 0.6 is 0 Å². The zero-order chi connectivity index (χ0) is 16.9. The highest BCUT2D eigenvalue weighted by molar-refractivity contribution is 6.08. The Bertz CT molecular complexity index is 760. The van der Waals surface area contributed by atoms with Crippen LogP contribution in [0.25, 0.3) is 0 Å². The number of hydrazone groups is 1. The van der Waals surface area contributed by atoms with E-state index in [4.69, 9.17) is 0 Å². The third kappa shape index (κ3) is 2.60. The lowest BCUT2D eigenvalue weighted by molar-refractivity contribution is -0.255. The van der Waals surface area contributed by atoms with E-state index in [-0.39, 0.29) is 17.7 Å². The van der Waals surface area contributed by atoms with Gasteiger partial charge in [0.15, 0.2) is 0 Å². The molecule has 2 heterocycles. The molecule has 0 unspecified atom stereocenters. The second kappa shape index (κ2) is 4.94. The number of hydrogen-bond acceptors (Lipinski definition) is 5. The highest BCUT2D eigenvalue weighted by Gasteiger charge is 2.35. The minimum absolute atomic E-state index is 0.0300. The van der Waals surface area contributed by atoms with Crippen LogP contribution in [0.15, 0.2) is 5.10 Å². The van der Waals surface area contributed by atoms with Crippen LogP contribution in [0.2, 0.25) is 0 Å². The molecule has 23 heavy (non-hydrogen) atoms. The first-order valence-corrected chi connectivity index (χ1v) is 7.30. The number of nitrogens with zero attached hydrogens (tertiary/aromatic N) is 2. The lowest BCUT2D eigenvalue weighted by atomic mass is 9.75. The fourth-order valence-electron chi connectivity index (χ4n) is 3.21. The number of aromatic carboxylic acids is 1. The van der Waals surface area contributed by atoms with Gasteiger partial charge in [-0.05, 0) is 30.7 Å². The van der Waals surface area contributed by atoms with Crippen molar-refractivity contribution in [3.8, 4) is 0 Å². The number of carboxylic acids is 1. The quantitative estimate of drug-likeness (QED) is 0.741. The van der Waals surface area contributed by atoms with Crippen LogP contribution in [0.4, 0.5) is 4.79 Å². The molecular weight excluding hydrogens is 300 g/mol. The molecule has 0 radical (unpaired) electrons. The fourth-order valence-corrected chi connectivity index (χ4v) is 3.21. The average molecular weight is 317 g/mol. The van der Waals surface area contributed by atoms with E-state index in [0.717, 1.165) is 10.7 Å². The maximum absolute atomic E-state index is 11.7. The van der Waals surface area contributed by atoms with Gasteiger partial charge in [-0.3, -0.25) is 10.1 Å². The highest BCUT2D eigenvalue weighted by Crippen LogP contribution is 2.37. The first-order valence-electron chi connectivity index (χ1n) is 7.30. The summed E-state index contributed by atoms with van der Waals surface area (Å²) in [6, 6.07) is -0.569. The van der Waals surface area contributed by atoms with Crippen molar-refractivity contribution >= 4 is 23.6 Å². The summed E-state index contributed by atoms with van der Waals surface area (Å²) < 4.78 is 0.